The van der Waals surface area contributed by atoms with Crippen LogP contribution < -0.4 is 5.32 Å². The molecule has 1 aliphatic rings. The Bertz CT molecular complexity index is 3320. The Kier molecular flexibility index (Phi) is 7.24. The van der Waals surface area contributed by atoms with Crippen LogP contribution in [0.3, 0.4) is 0 Å². The van der Waals surface area contributed by atoms with Crippen LogP contribution >= 0.6 is 11.3 Å². The second-order valence-corrected chi connectivity index (χ2v) is 15.7. The van der Waals surface area contributed by atoms with Crippen LogP contribution in [-0.2, 0) is 0 Å². The third kappa shape index (κ3) is 5.15. The molecule has 0 bridgehead atoms. The molecule has 8 aromatic carbocycles. The summed E-state index contributed by atoms with van der Waals surface area (Å²) >= 11 is 1.86. The van der Waals surface area contributed by atoms with E-state index in [-0.39, 0.29) is 12.3 Å². The first kappa shape index (κ1) is 32.3. The predicted octanol–water partition coefficient (Wildman–Crippen LogP) is 13.8. The Morgan fingerprint density at radius 1 is 0.544 bits per heavy atom. The Balaban J connectivity index is 0.966. The van der Waals surface area contributed by atoms with Crippen LogP contribution in [0.25, 0.3) is 86.0 Å². The highest BCUT2D eigenvalue weighted by atomic mass is 32.1. The Hall–Kier alpha value is -6.99. The van der Waals surface area contributed by atoms with E-state index in [0.29, 0.717) is 0 Å². The van der Waals surface area contributed by atoms with Crippen LogP contribution in [0.4, 0.5) is 0 Å². The Morgan fingerprint density at radius 3 is 2.00 bits per heavy atom. The zero-order chi connectivity index (χ0) is 37.5. The van der Waals surface area contributed by atoms with Crippen molar-refractivity contribution in [3.05, 3.63) is 204 Å². The number of rotatable bonds is 5. The lowest BCUT2D eigenvalue weighted by molar-refractivity contribution is 0.631. The molecule has 1 aliphatic heterocycles. The number of fused-ring (bicyclic) bond motifs is 9. The number of aliphatic imine (C=N–C) groups is 1. The van der Waals surface area contributed by atoms with Crippen LogP contribution in [0, 0.1) is 0 Å². The van der Waals surface area contributed by atoms with Gasteiger partial charge in [0.25, 0.3) is 0 Å². The molecule has 57 heavy (non-hydrogen) atoms. The zero-order valence-electron chi connectivity index (χ0n) is 30.6. The summed E-state index contributed by atoms with van der Waals surface area (Å²) in [5, 5.41) is 16.0. The van der Waals surface area contributed by atoms with Gasteiger partial charge >= 0.3 is 0 Å². The van der Waals surface area contributed by atoms with Gasteiger partial charge in [0.05, 0.1) is 11.0 Å². The highest BCUT2D eigenvalue weighted by Gasteiger charge is 2.22. The average Bonchev–Trinajstić information content (AvgIpc) is 3.96. The van der Waals surface area contributed by atoms with Crippen molar-refractivity contribution in [3.63, 3.8) is 0 Å². The van der Waals surface area contributed by atoms with Crippen LogP contribution in [0.2, 0.25) is 0 Å². The molecule has 0 aliphatic carbocycles. The molecule has 6 heteroatoms. The molecule has 1 N–H and O–H groups in total. The number of amidine groups is 1. The first-order chi connectivity index (χ1) is 28.2. The molecule has 0 saturated carbocycles. The second kappa shape index (κ2) is 12.8. The molecule has 3 aromatic heterocycles. The number of hydrogen-bond donors (Lipinski definition) is 1. The smallest absolute Gasteiger partial charge is 0.136 e. The van der Waals surface area contributed by atoms with Crippen molar-refractivity contribution in [3.8, 4) is 16.8 Å². The highest BCUT2D eigenvalue weighted by Crippen LogP contribution is 2.44. The third-order valence-corrected chi connectivity index (χ3v) is 12.6. The Morgan fingerprint density at radius 2 is 1.21 bits per heavy atom. The molecule has 4 heterocycles. The molecule has 5 nitrogen and oxygen atoms in total. The fraction of sp³-hybridized carbons (Fsp3) is 0.0392. The topological polar surface area (TPSA) is 56.6 Å². The molecule has 270 valence electrons. The summed E-state index contributed by atoms with van der Waals surface area (Å²) in [6, 6.07) is 64.5. The van der Waals surface area contributed by atoms with Gasteiger partial charge in [0, 0.05) is 53.0 Å². The van der Waals surface area contributed by atoms with E-state index in [1.807, 2.05) is 35.6 Å². The first-order valence-electron chi connectivity index (χ1n) is 19.3. The van der Waals surface area contributed by atoms with Gasteiger partial charge in [0.15, 0.2) is 0 Å². The number of hydrogen-bond acceptors (Lipinski definition) is 4. The van der Waals surface area contributed by atoms with E-state index >= 15 is 0 Å². The summed E-state index contributed by atoms with van der Waals surface area (Å²) in [7, 11) is 0. The van der Waals surface area contributed by atoms with Crippen molar-refractivity contribution in [1.29, 1.82) is 0 Å². The van der Waals surface area contributed by atoms with Gasteiger partial charge in [-0.2, -0.15) is 0 Å². The normalized spacial score (nSPS) is 15.9. The zero-order valence-corrected chi connectivity index (χ0v) is 31.4. The lowest BCUT2D eigenvalue weighted by Gasteiger charge is -2.44. The largest absolute Gasteiger partial charge is 0.613 e. The fourth-order valence-corrected chi connectivity index (χ4v) is 10.1. The molecule has 0 spiro atoms. The van der Waals surface area contributed by atoms with E-state index in [1.54, 1.807) is 0 Å². The minimum Gasteiger partial charge on any atom is -0.613 e. The lowest BCUT2D eigenvalue weighted by Crippen LogP contribution is -2.34. The number of para-hydroxylation sites is 2. The maximum atomic E-state index is 6.66. The van der Waals surface area contributed by atoms with Crippen molar-refractivity contribution in [1.82, 2.24) is 9.88 Å². The van der Waals surface area contributed by atoms with Gasteiger partial charge in [-0.3, -0.25) is 4.99 Å². The van der Waals surface area contributed by atoms with Crippen molar-refractivity contribution in [2.45, 2.75) is 12.3 Å². The van der Waals surface area contributed by atoms with E-state index in [0.717, 1.165) is 50.0 Å². The number of aromatic nitrogens is 1. The van der Waals surface area contributed by atoms with E-state index in [2.05, 4.69) is 168 Å². The van der Waals surface area contributed by atoms with Gasteiger partial charge in [0.1, 0.15) is 17.0 Å². The first-order valence-corrected chi connectivity index (χ1v) is 20.1. The summed E-state index contributed by atoms with van der Waals surface area (Å²) in [6.07, 6.45) is -0.587. The van der Waals surface area contributed by atoms with Crippen LogP contribution in [0.5, 0.6) is 0 Å². The second-order valence-electron chi connectivity index (χ2n) is 14.7. The maximum Gasteiger partial charge on any atom is 0.136 e. The van der Waals surface area contributed by atoms with E-state index in [1.165, 1.54) is 53.2 Å². The molecular formula is C51H33N4OS-. The number of nitrogens with zero attached hydrogens (tertiary/aromatic N) is 3. The molecule has 0 fully saturated rings. The van der Waals surface area contributed by atoms with Crippen LogP contribution in [0.1, 0.15) is 29.0 Å². The summed E-state index contributed by atoms with van der Waals surface area (Å²) in [4.78, 5) is 5.20. The molecule has 2 atom stereocenters. The van der Waals surface area contributed by atoms with Crippen molar-refractivity contribution >= 4 is 81.1 Å². The number of furan rings is 1. The van der Waals surface area contributed by atoms with Gasteiger partial charge in [-0.05, 0) is 77.0 Å². The summed E-state index contributed by atoms with van der Waals surface area (Å²) in [5.74, 6) is 0.806. The molecule has 0 amide bonds. The van der Waals surface area contributed by atoms with Crippen molar-refractivity contribution in [2.75, 3.05) is 0 Å². The molecule has 12 rings (SSSR count). The van der Waals surface area contributed by atoms with Crippen LogP contribution in [-0.4, -0.2) is 10.4 Å². The van der Waals surface area contributed by atoms with Gasteiger partial charge in [-0.1, -0.05) is 140 Å². The summed E-state index contributed by atoms with van der Waals surface area (Å²) in [5.41, 5.74) is 10.8. The minimum atomic E-state index is -0.340. The molecule has 0 saturated heterocycles. The van der Waals surface area contributed by atoms with Gasteiger partial charge in [0.2, 0.25) is 0 Å². The standard InChI is InChI=1S/C51H33N4OS/c1-3-13-31(14-4-1)49-52-50(32-15-5-2-6-16-32)54-51(53-49)41-21-12-24-44-47(41)40-27-25-33(29-45(40)56-44)35-19-11-20-39-38-28-26-34(30-46(38)57-48(35)39)55-42-22-9-7-17-36(42)37-18-8-10-23-43(37)55/h1-30,49-50H,(H,53,54)/q-1. The molecule has 2 unspecified atom stereocenters. The molecule has 0 radical (unpaired) electrons. The molecule has 11 aromatic rings. The highest BCUT2D eigenvalue weighted by molar-refractivity contribution is 7.26. The van der Waals surface area contributed by atoms with Gasteiger partial charge < -0.3 is 19.6 Å². The maximum absolute atomic E-state index is 6.66. The third-order valence-electron chi connectivity index (χ3n) is 11.4. The quantitative estimate of drug-likeness (QED) is 0.190. The number of thiophene rings is 1. The monoisotopic (exact) mass is 749 g/mol. The fourth-order valence-electron chi connectivity index (χ4n) is 8.78. The van der Waals surface area contributed by atoms with Gasteiger partial charge in [-0.15, -0.1) is 11.3 Å². The summed E-state index contributed by atoms with van der Waals surface area (Å²) < 4.78 is 11.6. The van der Waals surface area contributed by atoms with E-state index in [4.69, 9.17) is 14.7 Å². The minimum absolute atomic E-state index is 0.246. The van der Waals surface area contributed by atoms with Crippen molar-refractivity contribution < 1.29 is 4.42 Å². The number of nitrogens with one attached hydrogen (secondary N) is 1. The predicted molar refractivity (Wildman–Crippen MR) is 238 cm³/mol. The SMILES string of the molecule is c1ccc(C2N=C(c3cccc4oc5cc(-c6cccc7c6sc6cc(-n8c9ccccc9c9ccccc98)ccc67)ccc5c34)NC(c3ccccc3)[N-]2)cc1. The average molecular weight is 750 g/mol. The van der Waals surface area contributed by atoms with Crippen molar-refractivity contribution in [2.24, 2.45) is 4.99 Å². The Labute approximate surface area is 332 Å². The molecular weight excluding hydrogens is 717 g/mol. The lowest BCUT2D eigenvalue weighted by atomic mass is 9.99. The summed E-state index contributed by atoms with van der Waals surface area (Å²) in [6.45, 7) is 0. The van der Waals surface area contributed by atoms with E-state index in [9.17, 15) is 0 Å². The number of benzene rings is 8. The van der Waals surface area contributed by atoms with Gasteiger partial charge in [-0.25, -0.2) is 0 Å². The van der Waals surface area contributed by atoms with E-state index < -0.39 is 0 Å². The van der Waals surface area contributed by atoms with Crippen LogP contribution in [0.15, 0.2) is 191 Å².